The van der Waals surface area contributed by atoms with Crippen molar-refractivity contribution in [1.29, 1.82) is 0 Å². The molecule has 5 rings (SSSR count). The second kappa shape index (κ2) is 7.33. The molecule has 3 aromatic rings. The molecular weight excluding hydrogens is 384 g/mol. The molecule has 0 bridgehead atoms. The van der Waals surface area contributed by atoms with E-state index in [2.05, 4.69) is 14.9 Å². The number of amides is 2. The minimum atomic E-state index is -0.189. The lowest BCUT2D eigenvalue weighted by Gasteiger charge is -2.32. The predicted octanol–water partition coefficient (Wildman–Crippen LogP) is 4.16. The Kier molecular flexibility index (Phi) is 4.52. The smallest absolute Gasteiger partial charge is 0.261 e. The van der Waals surface area contributed by atoms with E-state index in [-0.39, 0.29) is 11.8 Å². The average molecular weight is 402 g/mol. The first-order chi connectivity index (χ1) is 14.2. The van der Waals surface area contributed by atoms with Gasteiger partial charge in [-0.05, 0) is 37.1 Å². The SMILES string of the molecule is O=C1c2ccccc2C(=O)N1CCCCN1c2ccncc2Sc2ccncc21. The Morgan fingerprint density at radius 3 is 2.14 bits per heavy atom. The molecule has 7 heteroatoms. The molecule has 0 saturated carbocycles. The number of benzene rings is 1. The fraction of sp³-hybridized carbons (Fsp3) is 0.182. The first-order valence-corrected chi connectivity index (χ1v) is 10.3. The molecule has 2 amide bonds. The number of nitrogens with zero attached hydrogens (tertiary/aromatic N) is 4. The lowest BCUT2D eigenvalue weighted by molar-refractivity contribution is 0.0652. The highest BCUT2D eigenvalue weighted by molar-refractivity contribution is 7.99. The first kappa shape index (κ1) is 17.9. The highest BCUT2D eigenvalue weighted by Crippen LogP contribution is 2.47. The second-order valence-electron chi connectivity index (χ2n) is 6.96. The van der Waals surface area contributed by atoms with E-state index in [1.165, 1.54) is 4.90 Å². The third-order valence-corrected chi connectivity index (χ3v) is 6.32. The Hall–Kier alpha value is -3.19. The fourth-order valence-electron chi connectivity index (χ4n) is 3.81. The van der Waals surface area contributed by atoms with Gasteiger partial charge in [-0.1, -0.05) is 23.9 Å². The van der Waals surface area contributed by atoms with E-state index >= 15 is 0 Å². The van der Waals surface area contributed by atoms with Crippen LogP contribution in [0.3, 0.4) is 0 Å². The molecule has 1 aromatic carbocycles. The molecule has 0 atom stereocenters. The molecule has 2 aliphatic rings. The third kappa shape index (κ3) is 3.07. The van der Waals surface area contributed by atoms with Gasteiger partial charge in [-0.15, -0.1) is 0 Å². The largest absolute Gasteiger partial charge is 0.338 e. The number of hydrogen-bond donors (Lipinski definition) is 0. The van der Waals surface area contributed by atoms with E-state index < -0.39 is 0 Å². The summed E-state index contributed by atoms with van der Waals surface area (Å²) in [5.74, 6) is -0.378. The quantitative estimate of drug-likeness (QED) is 0.472. The van der Waals surface area contributed by atoms with Gasteiger partial charge in [-0.25, -0.2) is 0 Å². The van der Waals surface area contributed by atoms with E-state index in [9.17, 15) is 9.59 Å². The van der Waals surface area contributed by atoms with Gasteiger partial charge in [0.1, 0.15) is 0 Å². The zero-order chi connectivity index (χ0) is 19.8. The Morgan fingerprint density at radius 1 is 0.724 bits per heavy atom. The van der Waals surface area contributed by atoms with Gasteiger partial charge in [-0.3, -0.25) is 24.5 Å². The lowest BCUT2D eigenvalue weighted by atomic mass is 10.1. The van der Waals surface area contributed by atoms with E-state index in [1.807, 2.05) is 24.5 Å². The Morgan fingerprint density at radius 2 is 1.38 bits per heavy atom. The van der Waals surface area contributed by atoms with E-state index in [1.54, 1.807) is 48.4 Å². The minimum absolute atomic E-state index is 0.189. The minimum Gasteiger partial charge on any atom is -0.338 e. The number of fused-ring (bicyclic) bond motifs is 3. The van der Waals surface area contributed by atoms with Crippen LogP contribution in [0.15, 0.2) is 71.0 Å². The van der Waals surface area contributed by atoms with Crippen LogP contribution in [-0.4, -0.2) is 39.8 Å². The first-order valence-electron chi connectivity index (χ1n) is 9.52. The van der Waals surface area contributed by atoms with E-state index in [0.29, 0.717) is 17.7 Å². The number of pyridine rings is 2. The Bertz CT molecular complexity index is 1040. The summed E-state index contributed by atoms with van der Waals surface area (Å²) in [4.78, 5) is 39.4. The van der Waals surface area contributed by atoms with Crippen LogP contribution in [0.1, 0.15) is 33.6 Å². The second-order valence-corrected chi connectivity index (χ2v) is 8.04. The fourth-order valence-corrected chi connectivity index (χ4v) is 4.84. The summed E-state index contributed by atoms with van der Waals surface area (Å²) < 4.78 is 0. The van der Waals surface area contributed by atoms with Crippen LogP contribution in [0.4, 0.5) is 11.4 Å². The van der Waals surface area contributed by atoms with Gasteiger partial charge in [0.25, 0.3) is 11.8 Å². The molecule has 2 aromatic heterocycles. The van der Waals surface area contributed by atoms with Crippen LogP contribution in [-0.2, 0) is 0 Å². The highest BCUT2D eigenvalue weighted by Gasteiger charge is 2.34. The van der Waals surface area contributed by atoms with Crippen LogP contribution in [0.2, 0.25) is 0 Å². The number of hydrogen-bond acceptors (Lipinski definition) is 6. The van der Waals surface area contributed by atoms with Crippen molar-refractivity contribution in [2.24, 2.45) is 0 Å². The number of imide groups is 1. The van der Waals surface area contributed by atoms with Crippen molar-refractivity contribution in [3.8, 4) is 0 Å². The zero-order valence-electron chi connectivity index (χ0n) is 15.6. The summed E-state index contributed by atoms with van der Waals surface area (Å²) in [7, 11) is 0. The topological polar surface area (TPSA) is 66.4 Å². The standard InChI is InChI=1S/C22H18N4O2S/c27-21-15-5-1-2-6-16(15)22(28)26(21)12-4-3-11-25-17-7-9-24-14-20(17)29-19-8-10-23-13-18(19)25/h1-2,5-10,13-14H,3-4,11-12H2. The molecule has 6 nitrogen and oxygen atoms in total. The maximum absolute atomic E-state index is 12.5. The van der Waals surface area contributed by atoms with Gasteiger partial charge in [0.15, 0.2) is 0 Å². The Labute approximate surface area is 172 Å². The lowest BCUT2D eigenvalue weighted by Crippen LogP contribution is -2.31. The summed E-state index contributed by atoms with van der Waals surface area (Å²) in [6.07, 6.45) is 8.95. The maximum atomic E-state index is 12.5. The van der Waals surface area contributed by atoms with Crippen molar-refractivity contribution >= 4 is 35.0 Å². The van der Waals surface area contributed by atoms with Crippen molar-refractivity contribution in [3.63, 3.8) is 0 Å². The molecule has 0 fully saturated rings. The maximum Gasteiger partial charge on any atom is 0.261 e. The van der Waals surface area contributed by atoms with Crippen LogP contribution in [0.25, 0.3) is 0 Å². The van der Waals surface area contributed by atoms with Crippen LogP contribution in [0, 0.1) is 0 Å². The summed E-state index contributed by atoms with van der Waals surface area (Å²) in [6, 6.07) is 11.1. The number of carbonyl (C=O) groups excluding carboxylic acids is 2. The average Bonchev–Trinajstić information content (AvgIpc) is 3.01. The summed E-state index contributed by atoms with van der Waals surface area (Å²) >= 11 is 1.70. The van der Waals surface area contributed by atoms with E-state index in [0.717, 1.165) is 40.6 Å². The van der Waals surface area contributed by atoms with Gasteiger partial charge < -0.3 is 4.90 Å². The number of unbranched alkanes of at least 4 members (excludes halogenated alkanes) is 1. The molecule has 4 heterocycles. The normalized spacial score (nSPS) is 14.6. The molecule has 0 N–H and O–H groups in total. The zero-order valence-corrected chi connectivity index (χ0v) is 16.4. The van der Waals surface area contributed by atoms with Crippen molar-refractivity contribution in [2.75, 3.05) is 18.0 Å². The summed E-state index contributed by atoms with van der Waals surface area (Å²) in [6.45, 7) is 1.21. The highest BCUT2D eigenvalue weighted by atomic mass is 32.2. The summed E-state index contributed by atoms with van der Waals surface area (Å²) in [5.41, 5.74) is 3.21. The molecular formula is C22H18N4O2S. The molecule has 0 spiro atoms. The van der Waals surface area contributed by atoms with Crippen LogP contribution >= 0.6 is 11.8 Å². The van der Waals surface area contributed by atoms with Crippen LogP contribution in [0.5, 0.6) is 0 Å². The monoisotopic (exact) mass is 402 g/mol. The van der Waals surface area contributed by atoms with Gasteiger partial charge in [0.2, 0.25) is 0 Å². The number of rotatable bonds is 5. The third-order valence-electron chi connectivity index (χ3n) is 5.22. The van der Waals surface area contributed by atoms with Crippen molar-refractivity contribution in [1.82, 2.24) is 14.9 Å². The van der Waals surface area contributed by atoms with Gasteiger partial charge in [0, 0.05) is 36.6 Å². The van der Waals surface area contributed by atoms with Gasteiger partial charge in [-0.2, -0.15) is 0 Å². The molecule has 0 saturated heterocycles. The van der Waals surface area contributed by atoms with Crippen LogP contribution < -0.4 is 4.90 Å². The summed E-state index contributed by atoms with van der Waals surface area (Å²) in [5, 5.41) is 0. The predicted molar refractivity (Wildman–Crippen MR) is 111 cm³/mol. The number of aromatic nitrogens is 2. The molecule has 0 radical (unpaired) electrons. The van der Waals surface area contributed by atoms with E-state index in [4.69, 9.17) is 0 Å². The van der Waals surface area contributed by atoms with Gasteiger partial charge >= 0.3 is 0 Å². The van der Waals surface area contributed by atoms with Crippen molar-refractivity contribution in [3.05, 3.63) is 72.3 Å². The number of anilines is 2. The Balaban J connectivity index is 1.27. The molecule has 0 unspecified atom stereocenters. The molecule has 2 aliphatic heterocycles. The molecule has 0 aliphatic carbocycles. The van der Waals surface area contributed by atoms with Crippen molar-refractivity contribution < 1.29 is 9.59 Å². The molecule has 29 heavy (non-hydrogen) atoms. The van der Waals surface area contributed by atoms with Gasteiger partial charge in [0.05, 0.1) is 33.6 Å². The molecule has 144 valence electrons. The number of carbonyl (C=O) groups is 2. The van der Waals surface area contributed by atoms with Crippen molar-refractivity contribution in [2.45, 2.75) is 22.6 Å².